The molecule has 0 aliphatic rings. The maximum Gasteiger partial charge on any atom is 0.416 e. The van der Waals surface area contributed by atoms with Crippen LogP contribution in [0.1, 0.15) is 15.9 Å². The van der Waals surface area contributed by atoms with Crippen LogP contribution in [0.4, 0.5) is 13.2 Å². The first-order valence-electron chi connectivity index (χ1n) is 8.45. The Morgan fingerprint density at radius 2 is 1.66 bits per heavy atom. The molecule has 0 fully saturated rings. The normalized spacial score (nSPS) is 11.0. The Labute approximate surface area is 163 Å². The Morgan fingerprint density at radius 1 is 0.931 bits per heavy atom. The van der Waals surface area contributed by atoms with Crippen LogP contribution in [-0.4, -0.2) is 23.0 Å². The largest absolute Gasteiger partial charge is 0.484 e. The minimum absolute atomic E-state index is 0.110. The van der Waals surface area contributed by atoms with Gasteiger partial charge in [0.2, 0.25) is 0 Å². The van der Waals surface area contributed by atoms with Crippen LogP contribution in [0.3, 0.4) is 0 Å². The minimum atomic E-state index is -4.51. The number of alkyl halides is 3. The third-order valence-electron chi connectivity index (χ3n) is 3.86. The molecule has 2 aromatic carbocycles. The van der Waals surface area contributed by atoms with Gasteiger partial charge in [0.05, 0.1) is 5.56 Å². The van der Waals surface area contributed by atoms with E-state index in [1.807, 2.05) is 35.2 Å². The first-order valence-corrected chi connectivity index (χ1v) is 8.45. The van der Waals surface area contributed by atoms with Crippen LogP contribution in [0.2, 0.25) is 0 Å². The summed E-state index contributed by atoms with van der Waals surface area (Å²) in [6, 6.07) is 14.6. The van der Waals surface area contributed by atoms with Gasteiger partial charge in [-0.15, -0.1) is 0 Å². The van der Waals surface area contributed by atoms with Gasteiger partial charge in [0, 0.05) is 23.6 Å². The molecule has 2 N–H and O–H groups in total. The molecule has 0 spiro atoms. The van der Waals surface area contributed by atoms with Crippen LogP contribution in [0.25, 0.3) is 5.69 Å². The first-order chi connectivity index (χ1) is 13.8. The first kappa shape index (κ1) is 20.0. The van der Waals surface area contributed by atoms with Gasteiger partial charge in [-0.05, 0) is 48.5 Å². The number of aromatic nitrogens is 1. The maximum atomic E-state index is 12.7. The van der Waals surface area contributed by atoms with Gasteiger partial charge >= 0.3 is 6.18 Å². The lowest BCUT2D eigenvalue weighted by atomic mass is 10.2. The highest BCUT2D eigenvalue weighted by molar-refractivity contribution is 5.95. The molecule has 0 radical (unpaired) electrons. The predicted octanol–water partition coefficient (Wildman–Crippen LogP) is 3.34. The second kappa shape index (κ2) is 8.51. The number of nitrogens with zero attached hydrogens (tertiary/aromatic N) is 1. The van der Waals surface area contributed by atoms with Crippen molar-refractivity contribution in [3.8, 4) is 11.4 Å². The summed E-state index contributed by atoms with van der Waals surface area (Å²) in [5, 5.41) is 0. The summed E-state index contributed by atoms with van der Waals surface area (Å²) in [4.78, 5) is 24.0. The van der Waals surface area contributed by atoms with Gasteiger partial charge in [-0.3, -0.25) is 20.4 Å². The molecule has 29 heavy (non-hydrogen) atoms. The van der Waals surface area contributed by atoms with E-state index in [0.717, 1.165) is 17.8 Å². The Bertz CT molecular complexity index is 1000. The van der Waals surface area contributed by atoms with E-state index in [0.29, 0.717) is 5.56 Å². The summed E-state index contributed by atoms with van der Waals surface area (Å²) in [5.74, 6) is -1.38. The topological polar surface area (TPSA) is 72.4 Å². The number of carbonyl (C=O) groups is 2. The van der Waals surface area contributed by atoms with Crippen molar-refractivity contribution in [2.45, 2.75) is 6.18 Å². The number of rotatable bonds is 5. The van der Waals surface area contributed by atoms with Gasteiger partial charge in [-0.25, -0.2) is 0 Å². The molecule has 150 valence electrons. The zero-order valence-corrected chi connectivity index (χ0v) is 14.9. The summed E-state index contributed by atoms with van der Waals surface area (Å²) in [7, 11) is 0. The summed E-state index contributed by atoms with van der Waals surface area (Å²) < 4.78 is 44.9. The molecule has 1 heterocycles. The van der Waals surface area contributed by atoms with E-state index in [-0.39, 0.29) is 5.75 Å². The third-order valence-corrected chi connectivity index (χ3v) is 3.86. The fraction of sp³-hybridized carbons (Fsp3) is 0.100. The van der Waals surface area contributed by atoms with E-state index < -0.39 is 30.2 Å². The summed E-state index contributed by atoms with van der Waals surface area (Å²) in [5.41, 5.74) is 4.59. The quantitative estimate of drug-likeness (QED) is 0.642. The number of hydrogen-bond donors (Lipinski definition) is 2. The molecule has 3 rings (SSSR count). The number of amides is 2. The van der Waals surface area contributed by atoms with Crippen LogP contribution in [0.15, 0.2) is 73.1 Å². The van der Waals surface area contributed by atoms with Crippen LogP contribution < -0.4 is 15.6 Å². The SMILES string of the molecule is O=C(COc1cccc(C(F)(F)F)c1)NNC(=O)c1cccc(-n2cccc2)c1. The lowest BCUT2D eigenvalue weighted by molar-refractivity contribution is -0.137. The fourth-order valence-electron chi connectivity index (χ4n) is 2.46. The Hall–Kier alpha value is -3.75. The van der Waals surface area contributed by atoms with Gasteiger partial charge in [0.15, 0.2) is 6.61 Å². The summed E-state index contributed by atoms with van der Waals surface area (Å²) in [6.45, 7) is -0.564. The lowest BCUT2D eigenvalue weighted by Gasteiger charge is -2.11. The Balaban J connectivity index is 1.52. The second-order valence-corrected chi connectivity index (χ2v) is 5.96. The van der Waals surface area contributed by atoms with E-state index >= 15 is 0 Å². The van der Waals surface area contributed by atoms with Crippen molar-refractivity contribution in [2.24, 2.45) is 0 Å². The Kier molecular flexibility index (Phi) is 5.87. The Morgan fingerprint density at radius 3 is 2.38 bits per heavy atom. The smallest absolute Gasteiger partial charge is 0.416 e. The van der Waals surface area contributed by atoms with Gasteiger partial charge in [0.1, 0.15) is 5.75 Å². The highest BCUT2D eigenvalue weighted by atomic mass is 19.4. The molecular formula is C20H16F3N3O3. The van der Waals surface area contributed by atoms with E-state index in [9.17, 15) is 22.8 Å². The molecule has 0 aliphatic heterocycles. The number of carbonyl (C=O) groups excluding carboxylic acids is 2. The monoisotopic (exact) mass is 403 g/mol. The average molecular weight is 403 g/mol. The second-order valence-electron chi connectivity index (χ2n) is 5.96. The van der Waals surface area contributed by atoms with Crippen LogP contribution in [0.5, 0.6) is 5.75 Å². The molecule has 0 unspecified atom stereocenters. The standard InChI is InChI=1S/C20H16F3N3O3/c21-20(22,23)15-6-4-8-17(12-15)29-13-18(27)24-25-19(28)14-5-3-7-16(11-14)26-9-1-2-10-26/h1-12H,13H2,(H,24,27)(H,25,28). The highest BCUT2D eigenvalue weighted by Crippen LogP contribution is 2.31. The van der Waals surface area contributed by atoms with E-state index in [4.69, 9.17) is 4.74 Å². The predicted molar refractivity (Wildman–Crippen MR) is 98.3 cm³/mol. The third kappa shape index (κ3) is 5.38. The molecule has 0 atom stereocenters. The van der Waals surface area contributed by atoms with Gasteiger partial charge in [0.25, 0.3) is 11.8 Å². The molecule has 0 bridgehead atoms. The lowest BCUT2D eigenvalue weighted by Crippen LogP contribution is -2.43. The van der Waals surface area contributed by atoms with E-state index in [2.05, 4.69) is 10.9 Å². The highest BCUT2D eigenvalue weighted by Gasteiger charge is 2.30. The number of halogens is 3. The van der Waals surface area contributed by atoms with Crippen molar-refractivity contribution in [1.29, 1.82) is 0 Å². The molecule has 1 aromatic heterocycles. The molecular weight excluding hydrogens is 387 g/mol. The van der Waals surface area contributed by atoms with Gasteiger partial charge in [-0.2, -0.15) is 13.2 Å². The van der Waals surface area contributed by atoms with E-state index in [1.54, 1.807) is 18.2 Å². The molecule has 6 nitrogen and oxygen atoms in total. The minimum Gasteiger partial charge on any atom is -0.484 e. The number of hydrogen-bond acceptors (Lipinski definition) is 3. The number of ether oxygens (including phenoxy) is 1. The summed E-state index contributed by atoms with van der Waals surface area (Å²) in [6.07, 6.45) is -0.862. The van der Waals surface area contributed by atoms with Crippen molar-refractivity contribution < 1.29 is 27.5 Å². The fourth-order valence-corrected chi connectivity index (χ4v) is 2.46. The number of hydrazine groups is 1. The molecule has 9 heteroatoms. The van der Waals surface area contributed by atoms with Crippen molar-refractivity contribution in [2.75, 3.05) is 6.61 Å². The van der Waals surface area contributed by atoms with E-state index in [1.165, 1.54) is 12.1 Å². The van der Waals surface area contributed by atoms with Crippen LogP contribution in [-0.2, 0) is 11.0 Å². The number of benzene rings is 2. The molecule has 2 amide bonds. The molecule has 0 saturated heterocycles. The van der Waals surface area contributed by atoms with Crippen molar-refractivity contribution in [3.63, 3.8) is 0 Å². The maximum absolute atomic E-state index is 12.7. The zero-order chi connectivity index (χ0) is 20.9. The van der Waals surface area contributed by atoms with Gasteiger partial charge in [-0.1, -0.05) is 12.1 Å². The number of nitrogens with one attached hydrogen (secondary N) is 2. The van der Waals surface area contributed by atoms with Gasteiger partial charge < -0.3 is 9.30 Å². The van der Waals surface area contributed by atoms with Crippen molar-refractivity contribution >= 4 is 11.8 Å². The van der Waals surface area contributed by atoms with Crippen molar-refractivity contribution in [1.82, 2.24) is 15.4 Å². The average Bonchev–Trinajstić information content (AvgIpc) is 3.25. The van der Waals surface area contributed by atoms with Crippen molar-refractivity contribution in [3.05, 3.63) is 84.2 Å². The molecule has 3 aromatic rings. The zero-order valence-electron chi connectivity index (χ0n) is 14.9. The molecule has 0 saturated carbocycles. The van der Waals surface area contributed by atoms with Crippen LogP contribution in [0, 0.1) is 0 Å². The summed E-state index contributed by atoms with van der Waals surface area (Å²) >= 11 is 0. The van der Waals surface area contributed by atoms with Crippen LogP contribution >= 0.6 is 0 Å². The molecule has 0 aliphatic carbocycles.